The first-order valence-electron chi connectivity index (χ1n) is 9.83. The van der Waals surface area contributed by atoms with Gasteiger partial charge in [0.15, 0.2) is 0 Å². The quantitative estimate of drug-likeness (QED) is 0.446. The van der Waals surface area contributed by atoms with Crippen LogP contribution in [-0.2, 0) is 14.8 Å². The number of ether oxygens (including phenoxy) is 1. The number of halogens is 1. The van der Waals surface area contributed by atoms with Crippen LogP contribution in [-0.4, -0.2) is 33.4 Å². The summed E-state index contributed by atoms with van der Waals surface area (Å²) in [5, 5.41) is 5.75. The first-order chi connectivity index (χ1) is 15.7. The molecule has 8 nitrogen and oxygen atoms in total. The first kappa shape index (κ1) is 24.2. The van der Waals surface area contributed by atoms with Crippen LogP contribution in [0.3, 0.4) is 0 Å². The zero-order valence-corrected chi connectivity index (χ0v) is 19.4. The van der Waals surface area contributed by atoms with Crippen LogP contribution in [0.1, 0.15) is 17.3 Å². The van der Waals surface area contributed by atoms with E-state index in [-0.39, 0.29) is 16.1 Å². The zero-order chi connectivity index (χ0) is 24.0. The average Bonchev–Trinajstić information content (AvgIpc) is 2.79. The number of benzene rings is 3. The summed E-state index contributed by atoms with van der Waals surface area (Å²) in [7, 11) is -2.43. The Labute approximate surface area is 197 Å². The number of sulfonamides is 1. The minimum Gasteiger partial charge on any atom is -0.497 e. The number of amides is 2. The van der Waals surface area contributed by atoms with Gasteiger partial charge in [-0.05, 0) is 55.5 Å². The van der Waals surface area contributed by atoms with Gasteiger partial charge >= 0.3 is 0 Å². The Bertz CT molecular complexity index is 1260. The Kier molecular flexibility index (Phi) is 7.70. The van der Waals surface area contributed by atoms with E-state index in [0.29, 0.717) is 16.5 Å². The van der Waals surface area contributed by atoms with E-state index in [4.69, 9.17) is 16.3 Å². The number of carbonyl (C=O) groups excluding carboxylic acids is 2. The molecule has 0 aliphatic rings. The fraction of sp³-hybridized carbons (Fsp3) is 0.130. The van der Waals surface area contributed by atoms with Crippen LogP contribution in [0.15, 0.2) is 77.7 Å². The SMILES string of the molecule is COc1cccc(NC(=O)c2ccccc2NC(=O)[C@H](C)NS(=O)(=O)c2ccc(Cl)cc2)c1. The molecule has 0 radical (unpaired) electrons. The van der Waals surface area contributed by atoms with Crippen LogP contribution in [0.4, 0.5) is 11.4 Å². The summed E-state index contributed by atoms with van der Waals surface area (Å²) in [6.07, 6.45) is 0. The van der Waals surface area contributed by atoms with Crippen molar-refractivity contribution in [3.8, 4) is 5.75 Å². The van der Waals surface area contributed by atoms with Crippen molar-refractivity contribution in [2.75, 3.05) is 17.7 Å². The third kappa shape index (κ3) is 6.32. The number of anilines is 2. The van der Waals surface area contributed by atoms with E-state index in [0.717, 1.165) is 0 Å². The van der Waals surface area contributed by atoms with Crippen molar-refractivity contribution in [2.24, 2.45) is 0 Å². The molecule has 1 atom stereocenters. The summed E-state index contributed by atoms with van der Waals surface area (Å²) in [5.41, 5.74) is 0.964. The summed E-state index contributed by atoms with van der Waals surface area (Å²) >= 11 is 5.80. The van der Waals surface area contributed by atoms with Gasteiger partial charge in [0.1, 0.15) is 5.75 Å². The maximum atomic E-state index is 12.8. The first-order valence-corrected chi connectivity index (χ1v) is 11.7. The number of carbonyl (C=O) groups is 2. The zero-order valence-electron chi connectivity index (χ0n) is 17.8. The highest BCUT2D eigenvalue weighted by Gasteiger charge is 2.23. The minimum absolute atomic E-state index is 0.0235. The number of rotatable bonds is 8. The molecule has 0 spiro atoms. The highest BCUT2D eigenvalue weighted by Crippen LogP contribution is 2.21. The molecule has 172 valence electrons. The Morgan fingerprint density at radius 1 is 0.939 bits per heavy atom. The summed E-state index contributed by atoms with van der Waals surface area (Å²) < 4.78 is 32.5. The standard InChI is InChI=1S/C23H22ClN3O5S/c1-15(27-33(30,31)19-12-10-16(24)11-13-19)22(28)26-21-9-4-3-8-20(21)23(29)25-17-6-5-7-18(14-17)32-2/h3-15,27H,1-2H3,(H,25,29)(H,26,28)/t15-/m0/s1. The van der Waals surface area contributed by atoms with Crippen LogP contribution in [0.25, 0.3) is 0 Å². The van der Waals surface area contributed by atoms with E-state index >= 15 is 0 Å². The van der Waals surface area contributed by atoms with Gasteiger partial charge in [-0.3, -0.25) is 9.59 Å². The second-order valence-electron chi connectivity index (χ2n) is 7.02. The maximum absolute atomic E-state index is 12.8. The third-order valence-electron chi connectivity index (χ3n) is 4.61. The number of hydrogen-bond donors (Lipinski definition) is 3. The predicted molar refractivity (Wildman–Crippen MR) is 127 cm³/mol. The van der Waals surface area contributed by atoms with Crippen molar-refractivity contribution < 1.29 is 22.7 Å². The lowest BCUT2D eigenvalue weighted by atomic mass is 10.1. The van der Waals surface area contributed by atoms with Crippen LogP contribution < -0.4 is 20.1 Å². The number of methoxy groups -OCH3 is 1. The normalized spacial score (nSPS) is 12.0. The van der Waals surface area contributed by atoms with Gasteiger partial charge in [0, 0.05) is 16.8 Å². The third-order valence-corrected chi connectivity index (χ3v) is 6.41. The lowest BCUT2D eigenvalue weighted by Gasteiger charge is -2.16. The molecule has 3 N–H and O–H groups in total. The maximum Gasteiger partial charge on any atom is 0.257 e. The summed E-state index contributed by atoms with van der Waals surface area (Å²) in [5.74, 6) is -0.501. The Morgan fingerprint density at radius 3 is 2.33 bits per heavy atom. The lowest BCUT2D eigenvalue weighted by molar-refractivity contribution is -0.117. The molecule has 0 saturated heterocycles. The molecule has 0 bridgehead atoms. The van der Waals surface area contributed by atoms with E-state index in [9.17, 15) is 18.0 Å². The molecule has 3 aromatic carbocycles. The van der Waals surface area contributed by atoms with Crippen LogP contribution in [0, 0.1) is 0 Å². The number of nitrogens with one attached hydrogen (secondary N) is 3. The monoisotopic (exact) mass is 487 g/mol. The molecule has 0 unspecified atom stereocenters. The summed E-state index contributed by atoms with van der Waals surface area (Å²) in [4.78, 5) is 25.5. The van der Waals surface area contributed by atoms with E-state index < -0.39 is 27.9 Å². The molecule has 2 amide bonds. The van der Waals surface area contributed by atoms with Gasteiger partial charge in [0.25, 0.3) is 5.91 Å². The van der Waals surface area contributed by atoms with Gasteiger partial charge in [-0.15, -0.1) is 0 Å². The van der Waals surface area contributed by atoms with Crippen molar-refractivity contribution in [1.29, 1.82) is 0 Å². The molecule has 3 rings (SSSR count). The Balaban J connectivity index is 1.72. The number of para-hydroxylation sites is 1. The largest absolute Gasteiger partial charge is 0.497 e. The molecular weight excluding hydrogens is 466 g/mol. The smallest absolute Gasteiger partial charge is 0.257 e. The van der Waals surface area contributed by atoms with Gasteiger partial charge in [-0.25, -0.2) is 8.42 Å². The van der Waals surface area contributed by atoms with Gasteiger partial charge < -0.3 is 15.4 Å². The molecular formula is C23H22ClN3O5S. The molecule has 0 aliphatic heterocycles. The second kappa shape index (κ2) is 10.5. The summed E-state index contributed by atoms with van der Waals surface area (Å²) in [6, 6.07) is 17.7. The predicted octanol–water partition coefficient (Wildman–Crippen LogP) is 3.91. The lowest BCUT2D eigenvalue weighted by Crippen LogP contribution is -2.41. The van der Waals surface area contributed by atoms with Gasteiger partial charge in [-0.2, -0.15) is 4.72 Å². The van der Waals surface area contributed by atoms with E-state index in [1.165, 1.54) is 38.3 Å². The Hall–Kier alpha value is -3.40. The number of hydrogen-bond acceptors (Lipinski definition) is 5. The highest BCUT2D eigenvalue weighted by molar-refractivity contribution is 7.89. The fourth-order valence-electron chi connectivity index (χ4n) is 2.90. The van der Waals surface area contributed by atoms with Crippen molar-refractivity contribution in [3.05, 3.63) is 83.4 Å². The van der Waals surface area contributed by atoms with Gasteiger partial charge in [-0.1, -0.05) is 29.8 Å². The average molecular weight is 488 g/mol. The topological polar surface area (TPSA) is 114 Å². The minimum atomic E-state index is -3.95. The van der Waals surface area contributed by atoms with Gasteiger partial charge in [0.05, 0.1) is 29.3 Å². The molecule has 33 heavy (non-hydrogen) atoms. The molecule has 0 saturated carbocycles. The molecule has 3 aromatic rings. The Morgan fingerprint density at radius 2 is 1.64 bits per heavy atom. The van der Waals surface area contributed by atoms with E-state index in [2.05, 4.69) is 15.4 Å². The molecule has 0 aliphatic carbocycles. The van der Waals surface area contributed by atoms with Crippen LogP contribution in [0.5, 0.6) is 5.75 Å². The van der Waals surface area contributed by atoms with Crippen molar-refractivity contribution in [2.45, 2.75) is 17.9 Å². The molecule has 0 fully saturated rings. The van der Waals surface area contributed by atoms with E-state index in [1.54, 1.807) is 48.5 Å². The van der Waals surface area contributed by atoms with Crippen LogP contribution in [0.2, 0.25) is 5.02 Å². The molecule has 0 heterocycles. The highest BCUT2D eigenvalue weighted by atomic mass is 35.5. The molecule has 10 heteroatoms. The second-order valence-corrected chi connectivity index (χ2v) is 9.17. The fourth-order valence-corrected chi connectivity index (χ4v) is 4.23. The van der Waals surface area contributed by atoms with Gasteiger partial charge in [0.2, 0.25) is 15.9 Å². The molecule has 0 aromatic heterocycles. The van der Waals surface area contributed by atoms with Crippen molar-refractivity contribution in [1.82, 2.24) is 4.72 Å². The van der Waals surface area contributed by atoms with Crippen LogP contribution >= 0.6 is 11.6 Å². The van der Waals surface area contributed by atoms with Crippen molar-refractivity contribution >= 4 is 44.8 Å². The summed E-state index contributed by atoms with van der Waals surface area (Å²) in [6.45, 7) is 1.40. The van der Waals surface area contributed by atoms with Crippen molar-refractivity contribution in [3.63, 3.8) is 0 Å². The van der Waals surface area contributed by atoms with E-state index in [1.807, 2.05) is 0 Å².